The van der Waals surface area contributed by atoms with Crippen molar-refractivity contribution in [1.29, 1.82) is 0 Å². The Morgan fingerprint density at radius 1 is 1.39 bits per heavy atom. The van der Waals surface area contributed by atoms with Gasteiger partial charge in [-0.1, -0.05) is 6.07 Å². The average Bonchev–Trinajstić information content (AvgIpc) is 3.20. The second-order valence-corrected chi connectivity index (χ2v) is 7.87. The first-order valence-electron chi connectivity index (χ1n) is 10.4. The highest BCUT2D eigenvalue weighted by molar-refractivity contribution is 5.90. The quantitative estimate of drug-likeness (QED) is 0.404. The van der Waals surface area contributed by atoms with Gasteiger partial charge in [-0.05, 0) is 44.0 Å². The van der Waals surface area contributed by atoms with Crippen molar-refractivity contribution < 1.29 is 19.7 Å². The highest BCUT2D eigenvalue weighted by atomic mass is 16.5. The van der Waals surface area contributed by atoms with Crippen LogP contribution >= 0.6 is 0 Å². The van der Waals surface area contributed by atoms with Crippen molar-refractivity contribution in [3.63, 3.8) is 0 Å². The van der Waals surface area contributed by atoms with Gasteiger partial charge in [-0.3, -0.25) is 25.1 Å². The van der Waals surface area contributed by atoms with Crippen LogP contribution < -0.4 is 10.1 Å². The Kier molecular flexibility index (Phi) is 6.45. The molecule has 1 aliphatic heterocycles. The normalized spacial score (nSPS) is 16.5. The van der Waals surface area contributed by atoms with E-state index in [1.807, 2.05) is 29.2 Å². The smallest absolute Gasteiger partial charge is 0.317 e. The third-order valence-electron chi connectivity index (χ3n) is 5.82. The monoisotopic (exact) mass is 425 g/mol. The number of piperidine rings is 1. The summed E-state index contributed by atoms with van der Waals surface area (Å²) in [6, 6.07) is 7.64. The van der Waals surface area contributed by atoms with Gasteiger partial charge in [0.15, 0.2) is 0 Å². The maximum atomic E-state index is 10.8. The van der Waals surface area contributed by atoms with E-state index >= 15 is 0 Å². The molecule has 4 N–H and O–H groups in total. The summed E-state index contributed by atoms with van der Waals surface area (Å²) in [6.45, 7) is 2.26. The number of aromatic amines is 1. The molecule has 1 aromatic carbocycles. The van der Waals surface area contributed by atoms with Crippen molar-refractivity contribution in [2.24, 2.45) is 5.92 Å². The summed E-state index contributed by atoms with van der Waals surface area (Å²) in [5.41, 5.74) is 3.11. The van der Waals surface area contributed by atoms with E-state index in [-0.39, 0.29) is 6.54 Å². The standard InChI is InChI=1S/C22H27N5O4/c1-31-19-10-18-17(9-16(19)15-3-2-6-23-12-15)21(26-25-18)22(30)24-11-14-4-7-27(8-5-14)13-20(28)29/h2-3,6,9-10,12,14,22,24,30H,4-5,7-8,11,13H2,1H3,(H,25,26)(H,28,29). The second kappa shape index (κ2) is 9.42. The molecule has 1 fully saturated rings. The molecule has 1 aliphatic rings. The van der Waals surface area contributed by atoms with Crippen LogP contribution in [-0.4, -0.2) is 69.6 Å². The number of benzene rings is 1. The number of ether oxygens (including phenoxy) is 1. The number of hydrogen-bond donors (Lipinski definition) is 4. The zero-order valence-electron chi connectivity index (χ0n) is 17.4. The molecule has 1 atom stereocenters. The lowest BCUT2D eigenvalue weighted by Gasteiger charge is -2.31. The number of aromatic nitrogens is 3. The summed E-state index contributed by atoms with van der Waals surface area (Å²) in [7, 11) is 1.62. The number of likely N-dealkylation sites (tertiary alicyclic amines) is 1. The second-order valence-electron chi connectivity index (χ2n) is 7.87. The number of H-pyrrole nitrogens is 1. The number of nitrogens with one attached hydrogen (secondary N) is 2. The summed E-state index contributed by atoms with van der Waals surface area (Å²) < 4.78 is 5.54. The fraction of sp³-hybridized carbons (Fsp3) is 0.409. The topological polar surface area (TPSA) is 124 Å². The number of fused-ring (bicyclic) bond motifs is 1. The Hall–Kier alpha value is -3.01. The zero-order valence-corrected chi connectivity index (χ0v) is 17.4. The fourth-order valence-electron chi connectivity index (χ4n) is 4.10. The average molecular weight is 425 g/mol. The predicted octanol–water partition coefficient (Wildman–Crippen LogP) is 2.01. The number of hydrogen-bond acceptors (Lipinski definition) is 7. The van der Waals surface area contributed by atoms with Crippen molar-refractivity contribution in [3.05, 3.63) is 42.4 Å². The van der Waals surface area contributed by atoms with Crippen LogP contribution in [0.5, 0.6) is 5.75 Å². The van der Waals surface area contributed by atoms with Crippen LogP contribution in [0, 0.1) is 5.92 Å². The van der Waals surface area contributed by atoms with E-state index in [2.05, 4.69) is 20.5 Å². The Bertz CT molecular complexity index is 1030. The number of rotatable bonds is 8. The van der Waals surface area contributed by atoms with E-state index in [0.717, 1.165) is 42.4 Å². The molecule has 0 radical (unpaired) electrons. The largest absolute Gasteiger partial charge is 0.496 e. The van der Waals surface area contributed by atoms with Crippen LogP contribution in [0.15, 0.2) is 36.7 Å². The van der Waals surface area contributed by atoms with Gasteiger partial charge in [-0.2, -0.15) is 5.10 Å². The summed E-state index contributed by atoms with van der Waals surface area (Å²) >= 11 is 0. The minimum Gasteiger partial charge on any atom is -0.496 e. The fourth-order valence-corrected chi connectivity index (χ4v) is 4.10. The highest BCUT2D eigenvalue weighted by Gasteiger charge is 2.23. The van der Waals surface area contributed by atoms with Crippen LogP contribution in [0.4, 0.5) is 0 Å². The maximum Gasteiger partial charge on any atom is 0.317 e. The third-order valence-corrected chi connectivity index (χ3v) is 5.82. The molecule has 1 unspecified atom stereocenters. The number of nitrogens with zero attached hydrogens (tertiary/aromatic N) is 3. The lowest BCUT2D eigenvalue weighted by Crippen LogP contribution is -2.40. The van der Waals surface area contributed by atoms with Gasteiger partial charge in [-0.15, -0.1) is 0 Å². The van der Waals surface area contributed by atoms with E-state index in [0.29, 0.717) is 29.4 Å². The SMILES string of the molecule is COc1cc2n[nH]c(C(O)NCC3CCN(CC(=O)O)CC3)c2cc1-c1cccnc1. The van der Waals surface area contributed by atoms with Crippen LogP contribution in [0.25, 0.3) is 22.0 Å². The van der Waals surface area contributed by atoms with Gasteiger partial charge in [0.2, 0.25) is 0 Å². The third kappa shape index (κ3) is 4.84. The highest BCUT2D eigenvalue weighted by Crippen LogP contribution is 2.35. The molecule has 0 saturated carbocycles. The van der Waals surface area contributed by atoms with Gasteiger partial charge in [0.05, 0.1) is 24.9 Å². The number of carbonyl (C=O) groups is 1. The molecule has 31 heavy (non-hydrogen) atoms. The van der Waals surface area contributed by atoms with Gasteiger partial charge in [0, 0.05) is 41.5 Å². The van der Waals surface area contributed by atoms with Crippen molar-refractivity contribution >= 4 is 16.9 Å². The molecule has 9 heteroatoms. The molecule has 1 saturated heterocycles. The van der Waals surface area contributed by atoms with Crippen LogP contribution in [0.1, 0.15) is 24.8 Å². The van der Waals surface area contributed by atoms with Crippen molar-refractivity contribution in [1.82, 2.24) is 25.4 Å². The number of methoxy groups -OCH3 is 1. The molecule has 9 nitrogen and oxygen atoms in total. The number of carboxylic acids is 1. The molecule has 0 aliphatic carbocycles. The molecule has 3 aromatic rings. The summed E-state index contributed by atoms with van der Waals surface area (Å²) in [5, 5.41) is 31.0. The molecular formula is C22H27N5O4. The Morgan fingerprint density at radius 3 is 2.87 bits per heavy atom. The maximum absolute atomic E-state index is 10.8. The molecular weight excluding hydrogens is 398 g/mol. The number of carboxylic acid groups (broad SMARTS) is 1. The first-order valence-corrected chi connectivity index (χ1v) is 10.4. The Morgan fingerprint density at radius 2 is 2.19 bits per heavy atom. The van der Waals surface area contributed by atoms with E-state index in [1.165, 1.54) is 0 Å². The van der Waals surface area contributed by atoms with E-state index < -0.39 is 12.2 Å². The van der Waals surface area contributed by atoms with E-state index in [1.54, 1.807) is 19.5 Å². The molecule has 164 valence electrons. The first kappa shape index (κ1) is 21.2. The van der Waals surface area contributed by atoms with Gasteiger partial charge in [-0.25, -0.2) is 0 Å². The minimum atomic E-state index is -0.891. The van der Waals surface area contributed by atoms with Crippen LogP contribution in [-0.2, 0) is 4.79 Å². The summed E-state index contributed by atoms with van der Waals surface area (Å²) in [5.74, 6) is 0.287. The Labute approximate surface area is 180 Å². The lowest BCUT2D eigenvalue weighted by atomic mass is 9.96. The van der Waals surface area contributed by atoms with Gasteiger partial charge < -0.3 is 14.9 Å². The molecule has 4 rings (SSSR count). The van der Waals surface area contributed by atoms with Crippen molar-refractivity contribution in [3.8, 4) is 16.9 Å². The van der Waals surface area contributed by atoms with E-state index in [4.69, 9.17) is 9.84 Å². The van der Waals surface area contributed by atoms with Crippen molar-refractivity contribution in [2.45, 2.75) is 19.1 Å². The molecule has 3 heterocycles. The van der Waals surface area contributed by atoms with Gasteiger partial charge in [0.25, 0.3) is 0 Å². The predicted molar refractivity (Wildman–Crippen MR) is 116 cm³/mol. The number of aliphatic hydroxyl groups is 1. The first-order chi connectivity index (χ1) is 15.0. The number of aliphatic carboxylic acids is 1. The lowest BCUT2D eigenvalue weighted by molar-refractivity contribution is -0.138. The minimum absolute atomic E-state index is 0.0889. The molecule has 0 spiro atoms. The molecule has 2 aromatic heterocycles. The van der Waals surface area contributed by atoms with Crippen molar-refractivity contribution in [2.75, 3.05) is 33.3 Å². The molecule has 0 amide bonds. The van der Waals surface area contributed by atoms with Crippen LogP contribution in [0.2, 0.25) is 0 Å². The molecule has 0 bridgehead atoms. The Balaban J connectivity index is 1.46. The van der Waals surface area contributed by atoms with Gasteiger partial charge in [0.1, 0.15) is 12.0 Å². The van der Waals surface area contributed by atoms with Gasteiger partial charge >= 0.3 is 5.97 Å². The van der Waals surface area contributed by atoms with E-state index in [9.17, 15) is 9.90 Å². The number of aliphatic hydroxyl groups excluding tert-OH is 1. The summed E-state index contributed by atoms with van der Waals surface area (Å²) in [6.07, 6.45) is 4.40. The van der Waals surface area contributed by atoms with Crippen LogP contribution in [0.3, 0.4) is 0 Å². The zero-order chi connectivity index (χ0) is 21.8. The number of pyridine rings is 1. The summed E-state index contributed by atoms with van der Waals surface area (Å²) in [4.78, 5) is 17.0.